The van der Waals surface area contributed by atoms with E-state index < -0.39 is 0 Å². The number of carbonyl (C=O) groups excluding carboxylic acids is 2. The quantitative estimate of drug-likeness (QED) is 0.922. The molecule has 25 heavy (non-hydrogen) atoms. The van der Waals surface area contributed by atoms with Crippen LogP contribution in [0.5, 0.6) is 0 Å². The van der Waals surface area contributed by atoms with Gasteiger partial charge in [0.25, 0.3) is 5.91 Å². The summed E-state index contributed by atoms with van der Waals surface area (Å²) in [5, 5.41) is 11.4. The van der Waals surface area contributed by atoms with Crippen molar-refractivity contribution in [2.75, 3.05) is 11.4 Å². The number of fused-ring (bicyclic) bond motifs is 1. The molecule has 2 aliphatic rings. The predicted octanol–water partition coefficient (Wildman–Crippen LogP) is 1.84. The number of carbonyl (C=O) groups is 2. The van der Waals surface area contributed by atoms with Crippen LogP contribution in [0.1, 0.15) is 54.2 Å². The molecule has 1 unspecified atom stereocenters. The molecule has 1 atom stereocenters. The highest BCUT2D eigenvalue weighted by Crippen LogP contribution is 2.23. The maximum atomic E-state index is 12.6. The number of hydrogen-bond acceptors (Lipinski definition) is 4. The Balaban J connectivity index is 1.50. The number of nitrogens with one attached hydrogen (secondary N) is 1. The number of nitrogens with zero attached hydrogens (tertiary/aromatic N) is 4. The summed E-state index contributed by atoms with van der Waals surface area (Å²) < 4.78 is 2.09. The van der Waals surface area contributed by atoms with Crippen LogP contribution in [0, 0.1) is 0 Å². The van der Waals surface area contributed by atoms with Gasteiger partial charge in [0.2, 0.25) is 5.91 Å². The standard InChI is InChI=1S/C18H21N5O2/c1-12(17-21-20-15-7-3-10-23(15)17)19-18(25)13-5-2-6-14(11-13)22-9-4-8-16(22)24/h2,5-6,11-12H,3-4,7-10H2,1H3,(H,19,25). The average molecular weight is 339 g/mol. The molecular weight excluding hydrogens is 318 g/mol. The van der Waals surface area contributed by atoms with E-state index >= 15 is 0 Å². The number of hydrogen-bond donors (Lipinski definition) is 1. The molecule has 0 radical (unpaired) electrons. The van der Waals surface area contributed by atoms with Gasteiger partial charge in [-0.2, -0.15) is 0 Å². The van der Waals surface area contributed by atoms with Crippen molar-refractivity contribution in [1.82, 2.24) is 20.1 Å². The minimum absolute atomic E-state index is 0.116. The lowest BCUT2D eigenvalue weighted by Crippen LogP contribution is -2.29. The van der Waals surface area contributed by atoms with Crippen molar-refractivity contribution < 1.29 is 9.59 Å². The summed E-state index contributed by atoms with van der Waals surface area (Å²) in [6.45, 7) is 3.54. The zero-order chi connectivity index (χ0) is 17.4. The molecule has 2 aliphatic heterocycles. The molecule has 1 saturated heterocycles. The van der Waals surface area contributed by atoms with Crippen LogP contribution in [0.3, 0.4) is 0 Å². The fraction of sp³-hybridized carbons (Fsp3) is 0.444. The van der Waals surface area contributed by atoms with Crippen LogP contribution < -0.4 is 10.2 Å². The molecule has 4 rings (SSSR count). The molecule has 3 heterocycles. The van der Waals surface area contributed by atoms with Crippen LogP contribution in [-0.2, 0) is 17.8 Å². The highest BCUT2D eigenvalue weighted by Gasteiger charge is 2.24. The Labute approximate surface area is 146 Å². The van der Waals surface area contributed by atoms with Crippen LogP contribution in [0.25, 0.3) is 0 Å². The zero-order valence-electron chi connectivity index (χ0n) is 14.2. The van der Waals surface area contributed by atoms with Crippen molar-refractivity contribution in [3.8, 4) is 0 Å². The first-order chi connectivity index (χ1) is 12.1. The summed E-state index contributed by atoms with van der Waals surface area (Å²) in [5.41, 5.74) is 1.33. The van der Waals surface area contributed by atoms with Gasteiger partial charge in [0.05, 0.1) is 6.04 Å². The number of anilines is 1. The van der Waals surface area contributed by atoms with E-state index in [0.29, 0.717) is 18.5 Å². The van der Waals surface area contributed by atoms with Crippen molar-refractivity contribution in [3.05, 3.63) is 41.5 Å². The summed E-state index contributed by atoms with van der Waals surface area (Å²) in [6, 6.07) is 7.01. The van der Waals surface area contributed by atoms with Gasteiger partial charge in [0.15, 0.2) is 5.82 Å². The molecule has 0 spiro atoms. The largest absolute Gasteiger partial charge is 0.342 e. The monoisotopic (exact) mass is 339 g/mol. The van der Waals surface area contributed by atoms with E-state index in [1.807, 2.05) is 19.1 Å². The second kappa shape index (κ2) is 6.31. The minimum Gasteiger partial charge on any atom is -0.342 e. The van der Waals surface area contributed by atoms with E-state index in [0.717, 1.165) is 43.1 Å². The molecule has 130 valence electrons. The first-order valence-corrected chi connectivity index (χ1v) is 8.77. The molecule has 7 heteroatoms. The lowest BCUT2D eigenvalue weighted by molar-refractivity contribution is -0.117. The topological polar surface area (TPSA) is 80.1 Å². The summed E-state index contributed by atoms with van der Waals surface area (Å²) >= 11 is 0. The van der Waals surface area contributed by atoms with Crippen LogP contribution in [0.2, 0.25) is 0 Å². The van der Waals surface area contributed by atoms with Gasteiger partial charge in [-0.25, -0.2) is 0 Å². The van der Waals surface area contributed by atoms with Gasteiger partial charge in [0.1, 0.15) is 5.82 Å². The molecule has 1 aromatic heterocycles. The SMILES string of the molecule is CC(NC(=O)c1cccc(N2CCCC2=O)c1)c1nnc2n1CCC2. The van der Waals surface area contributed by atoms with E-state index in [-0.39, 0.29) is 17.9 Å². The number of amides is 2. The van der Waals surface area contributed by atoms with Gasteiger partial charge in [-0.3, -0.25) is 9.59 Å². The Morgan fingerprint density at radius 2 is 2.04 bits per heavy atom. The van der Waals surface area contributed by atoms with Gasteiger partial charge >= 0.3 is 0 Å². The molecule has 0 aliphatic carbocycles. The summed E-state index contributed by atoms with van der Waals surface area (Å²) in [4.78, 5) is 26.3. The lowest BCUT2D eigenvalue weighted by Gasteiger charge is -2.17. The third-order valence-electron chi connectivity index (χ3n) is 4.87. The Hall–Kier alpha value is -2.70. The van der Waals surface area contributed by atoms with Crippen LogP contribution in [0.15, 0.2) is 24.3 Å². The van der Waals surface area contributed by atoms with E-state index in [1.165, 1.54) is 0 Å². The fourth-order valence-corrected chi connectivity index (χ4v) is 3.57. The molecule has 0 bridgehead atoms. The molecule has 0 saturated carbocycles. The molecule has 1 aromatic carbocycles. The van der Waals surface area contributed by atoms with Crippen molar-refractivity contribution in [1.29, 1.82) is 0 Å². The highest BCUT2D eigenvalue weighted by molar-refractivity contribution is 5.99. The van der Waals surface area contributed by atoms with Crippen molar-refractivity contribution in [3.63, 3.8) is 0 Å². The first kappa shape index (κ1) is 15.8. The maximum Gasteiger partial charge on any atom is 0.251 e. The van der Waals surface area contributed by atoms with E-state index in [9.17, 15) is 9.59 Å². The number of aryl methyl sites for hydroxylation is 1. The van der Waals surface area contributed by atoms with Crippen molar-refractivity contribution in [2.45, 2.75) is 45.2 Å². The van der Waals surface area contributed by atoms with Gasteiger partial charge < -0.3 is 14.8 Å². The molecule has 1 N–H and O–H groups in total. The molecule has 2 aromatic rings. The average Bonchev–Trinajstić information content (AvgIpc) is 3.31. The third kappa shape index (κ3) is 2.90. The van der Waals surface area contributed by atoms with Gasteiger partial charge in [-0.1, -0.05) is 6.07 Å². The Bertz CT molecular complexity index is 829. The number of benzene rings is 1. The van der Waals surface area contributed by atoms with Crippen molar-refractivity contribution in [2.24, 2.45) is 0 Å². The highest BCUT2D eigenvalue weighted by atomic mass is 16.2. The maximum absolute atomic E-state index is 12.6. The minimum atomic E-state index is -0.219. The summed E-state index contributed by atoms with van der Waals surface area (Å²) in [5.74, 6) is 1.73. The molecule has 1 fully saturated rings. The number of rotatable bonds is 4. The lowest BCUT2D eigenvalue weighted by atomic mass is 10.1. The zero-order valence-corrected chi connectivity index (χ0v) is 14.2. The van der Waals surface area contributed by atoms with Crippen LogP contribution in [-0.4, -0.2) is 33.1 Å². The summed E-state index contributed by atoms with van der Waals surface area (Å²) in [7, 11) is 0. The van der Waals surface area contributed by atoms with Crippen LogP contribution in [0.4, 0.5) is 5.69 Å². The Morgan fingerprint density at radius 3 is 2.84 bits per heavy atom. The Morgan fingerprint density at radius 1 is 1.20 bits per heavy atom. The van der Waals surface area contributed by atoms with E-state index in [1.54, 1.807) is 17.0 Å². The second-order valence-electron chi connectivity index (χ2n) is 6.62. The normalized spacial score (nSPS) is 17.6. The smallest absolute Gasteiger partial charge is 0.251 e. The van der Waals surface area contributed by atoms with E-state index in [4.69, 9.17) is 0 Å². The van der Waals surface area contributed by atoms with E-state index in [2.05, 4.69) is 20.1 Å². The predicted molar refractivity (Wildman–Crippen MR) is 92.3 cm³/mol. The summed E-state index contributed by atoms with van der Waals surface area (Å²) in [6.07, 6.45) is 3.46. The molecule has 7 nitrogen and oxygen atoms in total. The second-order valence-corrected chi connectivity index (χ2v) is 6.62. The molecular formula is C18H21N5O2. The fourth-order valence-electron chi connectivity index (χ4n) is 3.57. The van der Waals surface area contributed by atoms with Gasteiger partial charge in [-0.15, -0.1) is 10.2 Å². The third-order valence-corrected chi connectivity index (χ3v) is 4.87. The molecule has 2 amide bonds. The van der Waals surface area contributed by atoms with Crippen LogP contribution >= 0.6 is 0 Å². The first-order valence-electron chi connectivity index (χ1n) is 8.77. The van der Waals surface area contributed by atoms with Gasteiger partial charge in [0, 0.05) is 37.2 Å². The Kier molecular flexibility index (Phi) is 3.99. The van der Waals surface area contributed by atoms with Gasteiger partial charge in [-0.05, 0) is 38.0 Å². The van der Waals surface area contributed by atoms with Crippen molar-refractivity contribution >= 4 is 17.5 Å². The number of aromatic nitrogens is 3.